The maximum absolute atomic E-state index is 10.6. The second-order valence-electron chi connectivity index (χ2n) is 6.14. The van der Waals surface area contributed by atoms with Crippen molar-refractivity contribution < 1.29 is 35.0 Å². The summed E-state index contributed by atoms with van der Waals surface area (Å²) < 4.78 is 10.5. The van der Waals surface area contributed by atoms with E-state index in [1.165, 1.54) is 6.07 Å². The molecule has 3 rings (SSSR count). The number of hydrogen-bond acceptors (Lipinski definition) is 9. The molecule has 2 atom stereocenters. The van der Waals surface area contributed by atoms with Crippen LogP contribution in [0.15, 0.2) is 6.07 Å². The zero-order valence-corrected chi connectivity index (χ0v) is 13.8. The van der Waals surface area contributed by atoms with Crippen LogP contribution in [0.3, 0.4) is 0 Å². The SMILES string of the molecule is Oc1c([C@H](O)N2CCOCC2)cc([C@H](O)N2CCOCC2)c(O)c1O. The fourth-order valence-electron chi connectivity index (χ4n) is 3.12. The van der Waals surface area contributed by atoms with Crippen molar-refractivity contribution in [1.29, 1.82) is 0 Å². The van der Waals surface area contributed by atoms with Gasteiger partial charge in [0, 0.05) is 37.3 Å². The Morgan fingerprint density at radius 2 is 1.04 bits per heavy atom. The number of phenols is 3. The number of phenolic OH excluding ortho intramolecular Hbond substituents is 3. The van der Waals surface area contributed by atoms with E-state index >= 15 is 0 Å². The number of ether oxygens (including phenoxy) is 2. The van der Waals surface area contributed by atoms with E-state index in [1.54, 1.807) is 9.80 Å². The highest BCUT2D eigenvalue weighted by Crippen LogP contribution is 2.45. The summed E-state index contributed by atoms with van der Waals surface area (Å²) in [6.07, 6.45) is -2.38. The molecule has 0 amide bonds. The predicted octanol–water partition coefficient (Wildman–Crippen LogP) is -0.550. The fraction of sp³-hybridized carbons (Fsp3) is 0.625. The second-order valence-corrected chi connectivity index (χ2v) is 6.14. The van der Waals surface area contributed by atoms with Gasteiger partial charge in [0.25, 0.3) is 0 Å². The van der Waals surface area contributed by atoms with Gasteiger partial charge in [-0.25, -0.2) is 0 Å². The summed E-state index contributed by atoms with van der Waals surface area (Å²) >= 11 is 0. The lowest BCUT2D eigenvalue weighted by Crippen LogP contribution is -2.40. The molecule has 140 valence electrons. The summed E-state index contributed by atoms with van der Waals surface area (Å²) in [5, 5.41) is 51.5. The van der Waals surface area contributed by atoms with Gasteiger partial charge in [-0.15, -0.1) is 0 Å². The van der Waals surface area contributed by atoms with Crippen LogP contribution in [0.2, 0.25) is 0 Å². The minimum absolute atomic E-state index is 0.0273. The van der Waals surface area contributed by atoms with Crippen molar-refractivity contribution in [2.45, 2.75) is 12.5 Å². The van der Waals surface area contributed by atoms with Gasteiger partial charge in [0.2, 0.25) is 5.75 Å². The van der Waals surface area contributed by atoms with E-state index in [9.17, 15) is 25.5 Å². The molecule has 2 heterocycles. The maximum Gasteiger partial charge on any atom is 0.201 e. The monoisotopic (exact) mass is 356 g/mol. The van der Waals surface area contributed by atoms with Gasteiger partial charge in [-0.3, -0.25) is 9.80 Å². The lowest BCUT2D eigenvalue weighted by atomic mass is 10.0. The van der Waals surface area contributed by atoms with Gasteiger partial charge < -0.3 is 35.0 Å². The predicted molar refractivity (Wildman–Crippen MR) is 86.1 cm³/mol. The number of morpholine rings is 2. The summed E-state index contributed by atoms with van der Waals surface area (Å²) in [6.45, 7) is 3.65. The Morgan fingerprint density at radius 1 is 0.680 bits per heavy atom. The number of aliphatic hydroxyl groups excluding tert-OH is 2. The number of aromatic hydroxyl groups is 3. The molecule has 9 nitrogen and oxygen atoms in total. The third-order valence-electron chi connectivity index (χ3n) is 4.65. The Bertz CT molecular complexity index is 552. The van der Waals surface area contributed by atoms with Crippen LogP contribution in [-0.2, 0) is 9.47 Å². The minimum Gasteiger partial charge on any atom is -0.504 e. The number of benzene rings is 1. The van der Waals surface area contributed by atoms with Gasteiger partial charge in [0.15, 0.2) is 11.5 Å². The van der Waals surface area contributed by atoms with Crippen molar-refractivity contribution >= 4 is 0 Å². The molecule has 2 fully saturated rings. The number of aliphatic hydroxyl groups is 2. The van der Waals surface area contributed by atoms with Gasteiger partial charge in [0.05, 0.1) is 26.4 Å². The average molecular weight is 356 g/mol. The Morgan fingerprint density at radius 3 is 1.40 bits per heavy atom. The average Bonchev–Trinajstić information content (AvgIpc) is 2.67. The molecular formula is C16H24N2O7. The summed E-state index contributed by atoms with van der Waals surface area (Å²) in [7, 11) is 0. The standard InChI is InChI=1S/C16H24N2O7/c19-12-10(15(22)17-1-5-24-6-2-17)9-11(13(20)14(12)21)16(23)18-3-7-25-8-4-18/h9,15-16,19-23H,1-8H2/t15-,16-/m0/s1. The number of rotatable bonds is 4. The molecule has 25 heavy (non-hydrogen) atoms. The van der Waals surface area contributed by atoms with Crippen LogP contribution in [0.25, 0.3) is 0 Å². The Hall–Kier alpha value is -1.62. The fourth-order valence-corrected chi connectivity index (χ4v) is 3.12. The highest BCUT2D eigenvalue weighted by atomic mass is 16.5. The molecule has 0 saturated carbocycles. The van der Waals surface area contributed by atoms with E-state index in [1.807, 2.05) is 0 Å². The third kappa shape index (κ3) is 3.66. The second kappa shape index (κ2) is 7.73. The van der Waals surface area contributed by atoms with E-state index in [0.717, 1.165) is 0 Å². The van der Waals surface area contributed by atoms with Crippen molar-refractivity contribution in [3.05, 3.63) is 17.2 Å². The molecule has 0 aliphatic carbocycles. The Kier molecular flexibility index (Phi) is 5.62. The van der Waals surface area contributed by atoms with Crippen molar-refractivity contribution in [2.24, 2.45) is 0 Å². The molecule has 2 saturated heterocycles. The first-order valence-electron chi connectivity index (χ1n) is 8.28. The summed E-state index contributed by atoms with van der Waals surface area (Å²) in [4.78, 5) is 3.36. The molecule has 0 aromatic heterocycles. The third-order valence-corrected chi connectivity index (χ3v) is 4.65. The molecule has 0 radical (unpaired) electrons. The topological polar surface area (TPSA) is 126 Å². The van der Waals surface area contributed by atoms with Crippen LogP contribution in [0.5, 0.6) is 17.2 Å². The molecule has 0 unspecified atom stereocenters. The van der Waals surface area contributed by atoms with E-state index < -0.39 is 29.7 Å². The van der Waals surface area contributed by atoms with E-state index in [2.05, 4.69) is 0 Å². The van der Waals surface area contributed by atoms with Crippen molar-refractivity contribution in [2.75, 3.05) is 52.6 Å². The number of nitrogens with zero attached hydrogens (tertiary/aromatic N) is 2. The zero-order chi connectivity index (χ0) is 18.0. The van der Waals surface area contributed by atoms with Crippen molar-refractivity contribution in [3.63, 3.8) is 0 Å². The largest absolute Gasteiger partial charge is 0.504 e. The molecular weight excluding hydrogens is 332 g/mol. The first kappa shape index (κ1) is 18.2. The van der Waals surface area contributed by atoms with Gasteiger partial charge in [-0.05, 0) is 6.07 Å². The molecule has 2 aliphatic rings. The summed E-state index contributed by atoms with van der Waals surface area (Å²) in [6, 6.07) is 1.32. The lowest BCUT2D eigenvalue weighted by molar-refractivity contribution is -0.0648. The quantitative estimate of drug-likeness (QED) is 0.452. The van der Waals surface area contributed by atoms with Crippen LogP contribution in [0, 0.1) is 0 Å². The normalized spacial score (nSPS) is 22.6. The highest BCUT2D eigenvalue weighted by Gasteiger charge is 2.30. The number of hydrogen-bond donors (Lipinski definition) is 5. The van der Waals surface area contributed by atoms with Crippen LogP contribution >= 0.6 is 0 Å². The summed E-state index contributed by atoms with van der Waals surface area (Å²) in [5.41, 5.74) is 0.0546. The first-order valence-corrected chi connectivity index (χ1v) is 8.28. The Labute approximate surface area is 145 Å². The lowest BCUT2D eigenvalue weighted by Gasteiger charge is -2.34. The van der Waals surface area contributed by atoms with Gasteiger partial charge in [-0.1, -0.05) is 0 Å². The van der Waals surface area contributed by atoms with E-state index in [0.29, 0.717) is 52.6 Å². The Balaban J connectivity index is 1.91. The van der Waals surface area contributed by atoms with Crippen molar-refractivity contribution in [1.82, 2.24) is 9.80 Å². The van der Waals surface area contributed by atoms with Crippen LogP contribution in [-0.4, -0.2) is 87.9 Å². The van der Waals surface area contributed by atoms with Crippen LogP contribution in [0.4, 0.5) is 0 Å². The molecule has 1 aromatic rings. The van der Waals surface area contributed by atoms with Gasteiger partial charge >= 0.3 is 0 Å². The van der Waals surface area contributed by atoms with Crippen molar-refractivity contribution in [3.8, 4) is 17.2 Å². The van der Waals surface area contributed by atoms with Crippen LogP contribution in [0.1, 0.15) is 23.6 Å². The highest BCUT2D eigenvalue weighted by molar-refractivity contribution is 5.58. The molecule has 0 spiro atoms. The van der Waals surface area contributed by atoms with E-state index in [-0.39, 0.29) is 11.1 Å². The zero-order valence-electron chi connectivity index (χ0n) is 13.8. The molecule has 5 N–H and O–H groups in total. The van der Waals surface area contributed by atoms with E-state index in [4.69, 9.17) is 9.47 Å². The maximum atomic E-state index is 10.6. The van der Waals surface area contributed by atoms with Crippen LogP contribution < -0.4 is 0 Å². The molecule has 2 aliphatic heterocycles. The molecule has 9 heteroatoms. The minimum atomic E-state index is -1.19. The smallest absolute Gasteiger partial charge is 0.201 e. The summed E-state index contributed by atoms with van der Waals surface area (Å²) in [5.74, 6) is -1.96. The van der Waals surface area contributed by atoms with Gasteiger partial charge in [0.1, 0.15) is 12.5 Å². The van der Waals surface area contributed by atoms with Gasteiger partial charge in [-0.2, -0.15) is 0 Å². The molecule has 0 bridgehead atoms. The molecule has 1 aromatic carbocycles. The first-order chi connectivity index (χ1) is 12.0.